The van der Waals surface area contributed by atoms with Gasteiger partial charge in [-0.05, 0) is 114 Å². The molecule has 4 saturated heterocycles. The third-order valence-corrected chi connectivity index (χ3v) is 11.1. The van der Waals surface area contributed by atoms with Crippen LogP contribution in [0.4, 0.5) is 0 Å². The van der Waals surface area contributed by atoms with E-state index >= 15 is 0 Å². The largest absolute Gasteiger partial charge is 0.330 e. The maximum absolute atomic E-state index is 5.82. The van der Waals surface area contributed by atoms with Crippen molar-refractivity contribution >= 4 is 11.9 Å². The van der Waals surface area contributed by atoms with Gasteiger partial charge in [0.05, 0.1) is 29.4 Å². The molecule has 0 amide bonds. The predicted molar refractivity (Wildman–Crippen MR) is 169 cm³/mol. The first-order chi connectivity index (χ1) is 19.1. The molecule has 6 N–H and O–H groups in total. The van der Waals surface area contributed by atoms with Crippen molar-refractivity contribution in [3.63, 3.8) is 0 Å². The second-order valence-corrected chi connectivity index (χ2v) is 15.9. The minimum atomic E-state index is 0.200. The summed E-state index contributed by atoms with van der Waals surface area (Å²) in [7, 11) is 0. The minimum absolute atomic E-state index is 0.200. The normalized spacial score (nSPS) is 37.2. The summed E-state index contributed by atoms with van der Waals surface area (Å²) in [5, 5.41) is 12.6. The van der Waals surface area contributed by atoms with Crippen molar-refractivity contribution in [3.05, 3.63) is 29.6 Å². The second kappa shape index (κ2) is 13.3. The molecule has 4 fully saturated rings. The van der Waals surface area contributed by atoms with Gasteiger partial charge in [-0.15, -0.1) is 0 Å². The fraction of sp³-hybridized carbons (Fsp3) is 0.844. The van der Waals surface area contributed by atoms with Crippen molar-refractivity contribution in [3.8, 4) is 0 Å². The van der Waals surface area contributed by atoms with E-state index in [1.54, 1.807) is 0 Å². The second-order valence-electron chi connectivity index (χ2n) is 14.8. The zero-order chi connectivity index (χ0) is 28.3. The van der Waals surface area contributed by atoms with E-state index in [-0.39, 0.29) is 17.0 Å². The fourth-order valence-corrected chi connectivity index (χ4v) is 8.82. The van der Waals surface area contributed by atoms with Crippen molar-refractivity contribution in [1.29, 1.82) is 0 Å². The Morgan fingerprint density at radius 1 is 1.07 bits per heavy atom. The zero-order valence-electron chi connectivity index (χ0n) is 25.8. The molecular weight excluding hydrogens is 514 g/mol. The lowest BCUT2D eigenvalue weighted by atomic mass is 9.78. The predicted octanol–water partition coefficient (Wildman–Crippen LogP) is 4.90. The highest BCUT2D eigenvalue weighted by Gasteiger charge is 2.47. The molecule has 4 aliphatic rings. The van der Waals surface area contributed by atoms with Crippen molar-refractivity contribution < 1.29 is 0 Å². The smallest absolute Gasteiger partial charge is 0.0690 e. The molecule has 7 unspecified atom stereocenters. The maximum atomic E-state index is 5.82. The van der Waals surface area contributed by atoms with E-state index in [0.717, 1.165) is 32.4 Å². The third kappa shape index (κ3) is 7.61. The lowest BCUT2D eigenvalue weighted by Crippen LogP contribution is -2.63. The van der Waals surface area contributed by atoms with Crippen LogP contribution in [-0.2, 0) is 6.42 Å². The number of piperidine rings is 2. The summed E-state index contributed by atoms with van der Waals surface area (Å²) in [5.74, 6) is 1.33. The number of nitrogens with one attached hydrogen (secondary N) is 4. The molecule has 40 heavy (non-hydrogen) atoms. The highest BCUT2D eigenvalue weighted by molar-refractivity contribution is 7.98. The molecule has 1 aromatic rings. The summed E-state index contributed by atoms with van der Waals surface area (Å²) in [6.45, 7) is 15.2. The molecule has 1 aromatic heterocycles. The Morgan fingerprint density at radius 2 is 1.93 bits per heavy atom. The van der Waals surface area contributed by atoms with Crippen LogP contribution in [0.2, 0.25) is 0 Å². The highest BCUT2D eigenvalue weighted by Crippen LogP contribution is 2.42. The van der Waals surface area contributed by atoms with Crippen LogP contribution in [0, 0.1) is 17.3 Å². The third-order valence-electron chi connectivity index (χ3n) is 10.1. The first-order valence-corrected chi connectivity index (χ1v) is 17.1. The average molecular weight is 572 g/mol. The van der Waals surface area contributed by atoms with Crippen molar-refractivity contribution in [2.24, 2.45) is 23.0 Å². The Kier molecular flexibility index (Phi) is 10.2. The van der Waals surface area contributed by atoms with E-state index in [0.29, 0.717) is 35.6 Å². The van der Waals surface area contributed by atoms with Crippen molar-refractivity contribution in [2.45, 2.75) is 134 Å². The molecule has 226 valence electrons. The number of hydrogen-bond donors (Lipinski definition) is 5. The molecule has 0 aromatic carbocycles. The lowest BCUT2D eigenvalue weighted by molar-refractivity contribution is 0.00552. The van der Waals surface area contributed by atoms with Crippen molar-refractivity contribution in [1.82, 2.24) is 30.6 Å². The highest BCUT2D eigenvalue weighted by atomic mass is 32.2. The Labute approximate surface area is 248 Å². The Morgan fingerprint density at radius 3 is 2.73 bits per heavy atom. The van der Waals surface area contributed by atoms with Crippen LogP contribution >= 0.6 is 11.9 Å². The molecule has 8 atom stereocenters. The van der Waals surface area contributed by atoms with Crippen LogP contribution in [0.25, 0.3) is 0 Å². The molecule has 5 heterocycles. The van der Waals surface area contributed by atoms with Gasteiger partial charge in [-0.3, -0.25) is 30.6 Å². The molecule has 5 rings (SSSR count). The number of aryl methyl sites for hydroxylation is 1. The molecule has 0 saturated carbocycles. The number of hydrogen-bond acceptors (Lipinski definition) is 8. The number of nitrogens with zero attached hydrogens (tertiary/aromatic N) is 2. The van der Waals surface area contributed by atoms with Gasteiger partial charge in [0, 0.05) is 36.8 Å². The Hall–Kier alpha value is -0.740. The summed E-state index contributed by atoms with van der Waals surface area (Å²) in [4.78, 5) is 7.77. The van der Waals surface area contributed by atoms with Gasteiger partial charge in [-0.1, -0.05) is 32.7 Å². The number of fused-ring (bicyclic) bond motifs is 6. The van der Waals surface area contributed by atoms with Gasteiger partial charge >= 0.3 is 0 Å². The topological polar surface area (TPSA) is 90.3 Å². The number of aromatic nitrogens is 1. The van der Waals surface area contributed by atoms with E-state index in [9.17, 15) is 0 Å². The summed E-state index contributed by atoms with van der Waals surface area (Å²) in [6.07, 6.45) is 14.6. The van der Waals surface area contributed by atoms with E-state index in [1.165, 1.54) is 62.7 Å². The first kappa shape index (κ1) is 30.7. The minimum Gasteiger partial charge on any atom is -0.330 e. The van der Waals surface area contributed by atoms with Gasteiger partial charge in [0.1, 0.15) is 0 Å². The van der Waals surface area contributed by atoms with Gasteiger partial charge in [-0.2, -0.15) is 0 Å². The van der Waals surface area contributed by atoms with Gasteiger partial charge in [0.15, 0.2) is 0 Å². The van der Waals surface area contributed by atoms with E-state index in [2.05, 4.69) is 72.3 Å². The standard InChI is InChI=1S/C32H57N7S/c1-31(2,3)27-14-12-24-20-35-40-29-10-6-9-28(38-29)36-25(26-18-22(8-7-16-33)15-17-34-26)13-11-23-19-32(4,5)39(21-23)30(24)37-27/h15,17-18,23-25,27-30,35-38H,6-14,16,19-21,33H2,1-5H3/t23-,24?,25?,27?,28?,29?,30?/m0/s1. The molecule has 7 nitrogen and oxygen atoms in total. The quantitative estimate of drug-likeness (QED) is 0.326. The van der Waals surface area contributed by atoms with Gasteiger partial charge in [0.2, 0.25) is 0 Å². The summed E-state index contributed by atoms with van der Waals surface area (Å²) in [5.41, 5.74) is 8.86. The molecule has 0 aliphatic carbocycles. The van der Waals surface area contributed by atoms with Gasteiger partial charge in [0.25, 0.3) is 0 Å². The molecule has 0 radical (unpaired) electrons. The van der Waals surface area contributed by atoms with Crippen LogP contribution in [0.3, 0.4) is 0 Å². The van der Waals surface area contributed by atoms with Crippen LogP contribution in [0.1, 0.15) is 110 Å². The zero-order valence-corrected chi connectivity index (χ0v) is 26.7. The maximum Gasteiger partial charge on any atom is 0.0690 e. The van der Waals surface area contributed by atoms with Crippen LogP contribution in [-0.4, -0.2) is 58.8 Å². The summed E-state index contributed by atoms with van der Waals surface area (Å²) in [6, 6.07) is 5.33. The van der Waals surface area contributed by atoms with Crippen LogP contribution < -0.4 is 26.4 Å². The van der Waals surface area contributed by atoms with Crippen LogP contribution in [0.5, 0.6) is 0 Å². The summed E-state index contributed by atoms with van der Waals surface area (Å²) < 4.78 is 3.86. The van der Waals surface area contributed by atoms with E-state index in [4.69, 9.17) is 10.7 Å². The Balaban J connectivity index is 1.39. The fourth-order valence-electron chi connectivity index (χ4n) is 7.79. The molecule has 0 spiro atoms. The van der Waals surface area contributed by atoms with Gasteiger partial charge in [-0.25, -0.2) is 0 Å². The number of rotatable bonds is 4. The van der Waals surface area contributed by atoms with Crippen LogP contribution in [0.15, 0.2) is 18.3 Å². The molecule has 4 bridgehead atoms. The average Bonchev–Trinajstić information content (AvgIpc) is 3.23. The number of pyridine rings is 1. The Bertz CT molecular complexity index is 949. The van der Waals surface area contributed by atoms with E-state index < -0.39 is 0 Å². The number of nitrogens with two attached hydrogens (primary N) is 1. The van der Waals surface area contributed by atoms with Gasteiger partial charge < -0.3 is 5.73 Å². The van der Waals surface area contributed by atoms with E-state index in [1.807, 2.05) is 18.1 Å². The van der Waals surface area contributed by atoms with Crippen molar-refractivity contribution in [2.75, 3.05) is 19.6 Å². The molecular formula is C32H57N7S. The molecule has 4 aliphatic heterocycles. The monoisotopic (exact) mass is 571 g/mol. The first-order valence-electron chi connectivity index (χ1n) is 16.2. The SMILES string of the molecule is CC(C)(C)C1CCC2CNSC3CCCC(N3)NC(c3cc(CCCN)ccn3)CC[C@@H]3CN(C2N1)C(C)(C)C3. The lowest BCUT2D eigenvalue weighted by Gasteiger charge is -2.50. The molecule has 8 heteroatoms. The summed E-state index contributed by atoms with van der Waals surface area (Å²) >= 11 is 1.92.